The first-order valence-corrected chi connectivity index (χ1v) is 8.03. The van der Waals surface area contributed by atoms with Crippen molar-refractivity contribution in [2.24, 2.45) is 0 Å². The fraction of sp³-hybridized carbons (Fsp3) is 0.938. The Balaban J connectivity index is 1.85. The minimum Gasteiger partial charge on any atom is -0.444 e. The van der Waals surface area contributed by atoms with Gasteiger partial charge >= 0.3 is 6.09 Å². The van der Waals surface area contributed by atoms with E-state index >= 15 is 0 Å². The fourth-order valence-corrected chi connectivity index (χ4v) is 3.61. The van der Waals surface area contributed by atoms with Gasteiger partial charge in [-0.2, -0.15) is 0 Å². The van der Waals surface area contributed by atoms with Crippen LogP contribution in [0.1, 0.15) is 60.3 Å². The van der Waals surface area contributed by atoms with Gasteiger partial charge in [0.25, 0.3) is 0 Å². The fourth-order valence-electron chi connectivity index (χ4n) is 3.61. The molecule has 0 saturated carbocycles. The zero-order valence-corrected chi connectivity index (χ0v) is 13.7. The monoisotopic (exact) mass is 282 g/mol. The van der Waals surface area contributed by atoms with Crippen molar-refractivity contribution >= 4 is 6.09 Å². The topological polar surface area (TPSA) is 32.8 Å². The number of hydrogen-bond donors (Lipinski definition) is 0. The van der Waals surface area contributed by atoms with E-state index in [1.54, 1.807) is 0 Å². The molecule has 2 rings (SSSR count). The summed E-state index contributed by atoms with van der Waals surface area (Å²) in [5.74, 6) is 0. The van der Waals surface area contributed by atoms with E-state index < -0.39 is 5.60 Å². The van der Waals surface area contributed by atoms with Crippen LogP contribution < -0.4 is 0 Å². The van der Waals surface area contributed by atoms with Gasteiger partial charge in [-0.1, -0.05) is 0 Å². The summed E-state index contributed by atoms with van der Waals surface area (Å²) in [5, 5.41) is 0. The summed E-state index contributed by atoms with van der Waals surface area (Å²) in [6.45, 7) is 12.1. The lowest BCUT2D eigenvalue weighted by Gasteiger charge is -2.40. The van der Waals surface area contributed by atoms with Crippen molar-refractivity contribution in [2.45, 2.75) is 84.0 Å². The van der Waals surface area contributed by atoms with Crippen LogP contribution in [0.2, 0.25) is 0 Å². The molecule has 0 N–H and O–H groups in total. The highest BCUT2D eigenvalue weighted by Gasteiger charge is 2.36. The number of likely N-dealkylation sites (tertiary alicyclic amines) is 2. The third-order valence-corrected chi connectivity index (χ3v) is 4.56. The molecule has 4 heteroatoms. The molecule has 116 valence electrons. The molecule has 0 aromatic carbocycles. The van der Waals surface area contributed by atoms with Gasteiger partial charge < -0.3 is 9.64 Å². The van der Waals surface area contributed by atoms with Crippen LogP contribution in [0.15, 0.2) is 0 Å². The Labute approximate surface area is 123 Å². The quantitative estimate of drug-likeness (QED) is 0.740. The van der Waals surface area contributed by atoms with Crippen LogP contribution in [0, 0.1) is 0 Å². The summed E-state index contributed by atoms with van der Waals surface area (Å²) in [6.07, 6.45) is 4.63. The summed E-state index contributed by atoms with van der Waals surface area (Å²) in [5.41, 5.74) is -0.397. The molecule has 2 heterocycles. The number of carbonyl (C=O) groups is 1. The van der Waals surface area contributed by atoms with Gasteiger partial charge in [-0.3, -0.25) is 4.90 Å². The van der Waals surface area contributed by atoms with Gasteiger partial charge in [-0.15, -0.1) is 0 Å². The summed E-state index contributed by atoms with van der Waals surface area (Å²) < 4.78 is 5.45. The van der Waals surface area contributed by atoms with E-state index in [1.165, 1.54) is 12.8 Å². The van der Waals surface area contributed by atoms with Crippen molar-refractivity contribution in [1.29, 1.82) is 0 Å². The number of piperidine rings is 1. The molecule has 0 aromatic heterocycles. The van der Waals surface area contributed by atoms with Crippen LogP contribution in [0.3, 0.4) is 0 Å². The molecule has 2 fully saturated rings. The highest BCUT2D eigenvalue weighted by Crippen LogP contribution is 2.30. The Bertz CT molecular complexity index is 333. The van der Waals surface area contributed by atoms with Gasteiger partial charge in [-0.05, 0) is 60.3 Å². The van der Waals surface area contributed by atoms with Crippen LogP contribution in [0.5, 0.6) is 0 Å². The van der Waals surface area contributed by atoms with Crippen molar-refractivity contribution in [3.8, 4) is 0 Å². The Hall–Kier alpha value is -0.770. The van der Waals surface area contributed by atoms with Gasteiger partial charge in [0.15, 0.2) is 0 Å². The SMILES string of the molecule is CC1CCC(C)N1C1CCN(C(=O)OC(C)(C)C)CC1. The molecule has 2 aliphatic rings. The maximum Gasteiger partial charge on any atom is 0.410 e. The smallest absolute Gasteiger partial charge is 0.410 e. The normalized spacial score (nSPS) is 29.8. The van der Waals surface area contributed by atoms with Crippen LogP contribution in [0.25, 0.3) is 0 Å². The summed E-state index contributed by atoms with van der Waals surface area (Å²) >= 11 is 0. The van der Waals surface area contributed by atoms with Crippen LogP contribution >= 0.6 is 0 Å². The molecule has 1 amide bonds. The summed E-state index contributed by atoms with van der Waals surface area (Å²) in [6, 6.07) is 2.03. The standard InChI is InChI=1S/C16H30N2O2/c1-12-6-7-13(2)18(12)14-8-10-17(11-9-14)15(19)20-16(3,4)5/h12-14H,6-11H2,1-5H3. The number of hydrogen-bond acceptors (Lipinski definition) is 3. The lowest BCUT2D eigenvalue weighted by atomic mass is 10.0. The molecule has 0 radical (unpaired) electrons. The highest BCUT2D eigenvalue weighted by atomic mass is 16.6. The molecule has 0 bridgehead atoms. The molecule has 4 nitrogen and oxygen atoms in total. The number of carbonyl (C=O) groups excluding carboxylic acids is 1. The third-order valence-electron chi connectivity index (χ3n) is 4.56. The van der Waals surface area contributed by atoms with Crippen LogP contribution in [0.4, 0.5) is 4.79 Å². The maximum atomic E-state index is 12.1. The number of ether oxygens (including phenoxy) is 1. The van der Waals surface area contributed by atoms with Gasteiger partial charge in [0.1, 0.15) is 5.60 Å². The minimum absolute atomic E-state index is 0.154. The lowest BCUT2D eigenvalue weighted by Crippen LogP contribution is -2.50. The van der Waals surface area contributed by atoms with E-state index in [0.29, 0.717) is 18.1 Å². The number of amides is 1. The van der Waals surface area contributed by atoms with Crippen molar-refractivity contribution in [3.05, 3.63) is 0 Å². The van der Waals surface area contributed by atoms with E-state index in [1.807, 2.05) is 25.7 Å². The molecule has 2 aliphatic heterocycles. The predicted molar refractivity (Wildman–Crippen MR) is 80.8 cm³/mol. The van der Waals surface area contributed by atoms with Crippen LogP contribution in [-0.2, 0) is 4.74 Å². The first-order valence-electron chi connectivity index (χ1n) is 8.03. The molecule has 0 spiro atoms. The zero-order chi connectivity index (χ0) is 14.9. The Morgan fingerprint density at radius 2 is 1.50 bits per heavy atom. The summed E-state index contributed by atoms with van der Waals surface area (Å²) in [7, 11) is 0. The van der Waals surface area contributed by atoms with Crippen molar-refractivity contribution in [3.63, 3.8) is 0 Å². The Morgan fingerprint density at radius 1 is 1.00 bits per heavy atom. The number of rotatable bonds is 1. The van der Waals surface area contributed by atoms with E-state index in [-0.39, 0.29) is 6.09 Å². The molecule has 2 atom stereocenters. The lowest BCUT2D eigenvalue weighted by molar-refractivity contribution is 0.0114. The molecule has 20 heavy (non-hydrogen) atoms. The summed E-state index contributed by atoms with van der Waals surface area (Å²) in [4.78, 5) is 16.6. The van der Waals surface area contributed by atoms with Crippen molar-refractivity contribution < 1.29 is 9.53 Å². The highest BCUT2D eigenvalue weighted by molar-refractivity contribution is 5.68. The van der Waals surface area contributed by atoms with Gasteiger partial charge in [-0.25, -0.2) is 4.79 Å². The third kappa shape index (κ3) is 3.66. The van der Waals surface area contributed by atoms with Gasteiger partial charge in [0, 0.05) is 31.2 Å². The Morgan fingerprint density at radius 3 is 1.95 bits per heavy atom. The van der Waals surface area contributed by atoms with E-state index in [0.717, 1.165) is 25.9 Å². The first kappa shape index (κ1) is 15.6. The Kier molecular flexibility index (Phi) is 4.62. The predicted octanol–water partition coefficient (Wildman–Crippen LogP) is 3.26. The minimum atomic E-state index is -0.397. The zero-order valence-electron chi connectivity index (χ0n) is 13.7. The van der Waals surface area contributed by atoms with E-state index in [9.17, 15) is 4.79 Å². The first-order chi connectivity index (χ1) is 9.28. The number of nitrogens with zero attached hydrogens (tertiary/aromatic N) is 2. The van der Waals surface area contributed by atoms with E-state index in [4.69, 9.17) is 4.74 Å². The molecule has 0 aromatic rings. The molecule has 2 saturated heterocycles. The average molecular weight is 282 g/mol. The molecule has 0 aliphatic carbocycles. The second-order valence-electron chi connectivity index (χ2n) is 7.42. The van der Waals surface area contributed by atoms with Crippen LogP contribution in [-0.4, -0.2) is 52.7 Å². The molecular weight excluding hydrogens is 252 g/mol. The molecule has 2 unspecified atom stereocenters. The van der Waals surface area contributed by atoms with Crippen molar-refractivity contribution in [2.75, 3.05) is 13.1 Å². The average Bonchev–Trinajstić information content (AvgIpc) is 2.67. The molecular formula is C16H30N2O2. The van der Waals surface area contributed by atoms with Gasteiger partial charge in [0.2, 0.25) is 0 Å². The largest absolute Gasteiger partial charge is 0.444 e. The second-order valence-corrected chi connectivity index (χ2v) is 7.42. The maximum absolute atomic E-state index is 12.1. The van der Waals surface area contributed by atoms with Gasteiger partial charge in [0.05, 0.1) is 0 Å². The second kappa shape index (κ2) is 5.92. The van der Waals surface area contributed by atoms with Crippen molar-refractivity contribution in [1.82, 2.24) is 9.80 Å². The van der Waals surface area contributed by atoms with E-state index in [2.05, 4.69) is 18.7 Å².